The lowest BCUT2D eigenvalue weighted by Gasteiger charge is -2.40. The molecule has 1 aliphatic carbocycles. The molecule has 0 atom stereocenters. The number of methoxy groups -OCH3 is 1. The Morgan fingerprint density at radius 3 is 1.97 bits per heavy atom. The first kappa shape index (κ1) is 28.6. The maximum absolute atomic E-state index is 14.2. The van der Waals surface area contributed by atoms with Gasteiger partial charge in [-0.2, -0.15) is 0 Å². The van der Waals surface area contributed by atoms with Gasteiger partial charge in [-0.1, -0.05) is 78.0 Å². The van der Waals surface area contributed by atoms with Crippen molar-refractivity contribution < 1.29 is 19.4 Å². The van der Waals surface area contributed by atoms with Crippen LogP contribution in [0.1, 0.15) is 85.6 Å². The number of aliphatic hydroxyl groups excluding tert-OH is 1. The second-order valence-electron chi connectivity index (χ2n) is 11.1. The zero-order valence-electron chi connectivity index (χ0n) is 22.7. The Morgan fingerprint density at radius 1 is 0.943 bits per heavy atom. The van der Waals surface area contributed by atoms with Crippen LogP contribution in [0.3, 0.4) is 0 Å². The van der Waals surface area contributed by atoms with E-state index in [0.717, 1.165) is 24.8 Å². The minimum Gasteiger partial charge on any atom is -0.507 e. The molecule has 4 nitrogen and oxygen atoms in total. The Morgan fingerprint density at radius 2 is 1.49 bits per heavy atom. The van der Waals surface area contributed by atoms with Gasteiger partial charge in [-0.15, -0.1) is 0 Å². The Balaban J connectivity index is 2.67. The van der Waals surface area contributed by atoms with Crippen LogP contribution in [0.2, 0.25) is 0 Å². The molecule has 4 heteroatoms. The van der Waals surface area contributed by atoms with E-state index in [1.807, 2.05) is 30.3 Å². The van der Waals surface area contributed by atoms with Crippen molar-refractivity contribution in [3.63, 3.8) is 0 Å². The largest absolute Gasteiger partial charge is 0.507 e. The van der Waals surface area contributed by atoms with E-state index in [0.29, 0.717) is 48.3 Å². The van der Waals surface area contributed by atoms with Crippen molar-refractivity contribution in [3.05, 3.63) is 64.6 Å². The fraction of sp³-hybridized carbons (Fsp3) is 0.548. The van der Waals surface area contributed by atoms with Gasteiger partial charge in [-0.3, -0.25) is 9.59 Å². The van der Waals surface area contributed by atoms with Gasteiger partial charge in [0.05, 0.1) is 12.5 Å². The number of Topliss-reactive ketones (excluding diaryl/α,β-unsaturated/α-hetero) is 1. The minimum atomic E-state index is -0.937. The van der Waals surface area contributed by atoms with E-state index >= 15 is 0 Å². The van der Waals surface area contributed by atoms with Crippen molar-refractivity contribution in [3.8, 4) is 0 Å². The molecule has 0 spiro atoms. The lowest BCUT2D eigenvalue weighted by atomic mass is 9.64. The number of hydrogen-bond donors (Lipinski definition) is 1. The molecule has 1 N–H and O–H groups in total. The quantitative estimate of drug-likeness (QED) is 0.230. The zero-order chi connectivity index (χ0) is 26.2. The van der Waals surface area contributed by atoms with Gasteiger partial charge in [-0.25, -0.2) is 0 Å². The smallest absolute Gasteiger partial charge is 0.193 e. The normalized spacial score (nSPS) is 16.3. The number of ether oxygens (including phenoxy) is 1. The van der Waals surface area contributed by atoms with E-state index in [2.05, 4.69) is 41.5 Å². The van der Waals surface area contributed by atoms with Crippen molar-refractivity contribution in [1.82, 2.24) is 0 Å². The molecular weight excluding hydrogens is 436 g/mol. The molecule has 0 saturated heterocycles. The Kier molecular flexibility index (Phi) is 10.5. The molecule has 1 aromatic rings. The molecule has 192 valence electrons. The third-order valence-electron chi connectivity index (χ3n) is 6.84. The fourth-order valence-electron chi connectivity index (χ4n) is 4.68. The SMILES string of the molecule is COC1=C(CCC(C)C)C(O)=C(C(=O)/C=C/c2ccccc2)C(=O)C1(CCC(C)C)CCC(C)C. The molecule has 0 aromatic heterocycles. The molecule has 0 bridgehead atoms. The minimum absolute atomic E-state index is 0.0933. The van der Waals surface area contributed by atoms with Gasteiger partial charge >= 0.3 is 0 Å². The molecule has 0 amide bonds. The van der Waals surface area contributed by atoms with Crippen LogP contribution in [-0.2, 0) is 14.3 Å². The van der Waals surface area contributed by atoms with Gasteiger partial charge in [-0.05, 0) is 67.9 Å². The molecule has 2 rings (SSSR count). The van der Waals surface area contributed by atoms with Gasteiger partial charge in [0.15, 0.2) is 11.6 Å². The predicted molar refractivity (Wildman–Crippen MR) is 144 cm³/mol. The number of carbonyl (C=O) groups is 2. The maximum atomic E-state index is 14.2. The first-order chi connectivity index (χ1) is 16.5. The molecule has 1 aliphatic rings. The van der Waals surface area contributed by atoms with Gasteiger partial charge in [0.25, 0.3) is 0 Å². The topological polar surface area (TPSA) is 63.6 Å². The summed E-state index contributed by atoms with van der Waals surface area (Å²) in [5.41, 5.74) is 0.449. The van der Waals surface area contributed by atoms with Gasteiger partial charge in [0.2, 0.25) is 0 Å². The summed E-state index contributed by atoms with van der Waals surface area (Å²) in [6.45, 7) is 12.8. The van der Waals surface area contributed by atoms with Crippen LogP contribution in [0.15, 0.2) is 59.1 Å². The van der Waals surface area contributed by atoms with Gasteiger partial charge in [0.1, 0.15) is 17.1 Å². The number of aliphatic hydroxyl groups is 1. The van der Waals surface area contributed by atoms with Crippen molar-refractivity contribution in [2.45, 2.75) is 80.1 Å². The highest BCUT2D eigenvalue weighted by Gasteiger charge is 2.51. The average Bonchev–Trinajstić information content (AvgIpc) is 2.81. The zero-order valence-corrected chi connectivity index (χ0v) is 22.7. The predicted octanol–water partition coefficient (Wildman–Crippen LogP) is 7.86. The van der Waals surface area contributed by atoms with Crippen molar-refractivity contribution >= 4 is 17.6 Å². The lowest BCUT2D eigenvalue weighted by molar-refractivity contribution is -0.128. The first-order valence-corrected chi connectivity index (χ1v) is 13.1. The Bertz CT molecular complexity index is 949. The molecule has 0 heterocycles. The summed E-state index contributed by atoms with van der Waals surface area (Å²) in [6, 6.07) is 9.49. The van der Waals surface area contributed by atoms with E-state index in [4.69, 9.17) is 4.74 Å². The molecule has 0 aliphatic heterocycles. The van der Waals surface area contributed by atoms with Crippen LogP contribution < -0.4 is 0 Å². The standard InChI is InChI=1S/C31H44O4/c1-21(2)13-15-25-28(33)27(26(32)16-14-24-11-9-8-10-12-24)29(34)31(30(25)35-7,19-17-22(3)4)20-18-23(5)6/h8-12,14,16,21-23,33H,13,15,17-20H2,1-7H3/b16-14+. The first-order valence-electron chi connectivity index (χ1n) is 13.1. The van der Waals surface area contributed by atoms with Crippen LogP contribution in [0.4, 0.5) is 0 Å². The third-order valence-corrected chi connectivity index (χ3v) is 6.84. The van der Waals surface area contributed by atoms with Crippen LogP contribution in [0, 0.1) is 23.2 Å². The maximum Gasteiger partial charge on any atom is 0.193 e. The van der Waals surface area contributed by atoms with Crippen molar-refractivity contribution in [2.75, 3.05) is 7.11 Å². The number of rotatable bonds is 13. The van der Waals surface area contributed by atoms with Crippen LogP contribution in [0.5, 0.6) is 0 Å². The van der Waals surface area contributed by atoms with E-state index in [1.54, 1.807) is 13.2 Å². The number of benzene rings is 1. The van der Waals surface area contributed by atoms with E-state index < -0.39 is 11.2 Å². The number of allylic oxidation sites excluding steroid dienone is 4. The van der Waals surface area contributed by atoms with Crippen LogP contribution in [-0.4, -0.2) is 23.8 Å². The Hall–Kier alpha value is -2.62. The summed E-state index contributed by atoms with van der Waals surface area (Å²) in [5, 5.41) is 11.3. The van der Waals surface area contributed by atoms with Gasteiger partial charge in [0, 0.05) is 5.57 Å². The highest BCUT2D eigenvalue weighted by Crippen LogP contribution is 2.49. The summed E-state index contributed by atoms with van der Waals surface area (Å²) < 4.78 is 5.95. The molecule has 0 radical (unpaired) electrons. The van der Waals surface area contributed by atoms with Crippen molar-refractivity contribution in [1.29, 1.82) is 0 Å². The van der Waals surface area contributed by atoms with E-state index in [-0.39, 0.29) is 17.1 Å². The lowest BCUT2D eigenvalue weighted by Crippen LogP contribution is -2.42. The van der Waals surface area contributed by atoms with Crippen molar-refractivity contribution in [2.24, 2.45) is 23.2 Å². The summed E-state index contributed by atoms with van der Waals surface area (Å²) in [5.74, 6) is 0.797. The van der Waals surface area contributed by atoms with Crippen LogP contribution in [0.25, 0.3) is 6.08 Å². The summed E-state index contributed by atoms with van der Waals surface area (Å²) in [6.07, 6.45) is 7.34. The summed E-state index contributed by atoms with van der Waals surface area (Å²) in [7, 11) is 1.59. The number of hydrogen-bond acceptors (Lipinski definition) is 4. The average molecular weight is 481 g/mol. The molecule has 0 unspecified atom stereocenters. The monoisotopic (exact) mass is 480 g/mol. The fourth-order valence-corrected chi connectivity index (χ4v) is 4.68. The molecule has 35 heavy (non-hydrogen) atoms. The van der Waals surface area contributed by atoms with E-state index in [9.17, 15) is 14.7 Å². The summed E-state index contributed by atoms with van der Waals surface area (Å²) in [4.78, 5) is 27.6. The second kappa shape index (κ2) is 12.9. The number of carbonyl (C=O) groups excluding carboxylic acids is 2. The molecule has 1 aromatic carbocycles. The third kappa shape index (κ3) is 7.19. The van der Waals surface area contributed by atoms with Gasteiger partial charge < -0.3 is 9.84 Å². The van der Waals surface area contributed by atoms with E-state index in [1.165, 1.54) is 6.08 Å². The molecule has 0 fully saturated rings. The number of ketones is 2. The molecule has 0 saturated carbocycles. The highest BCUT2D eigenvalue weighted by molar-refractivity contribution is 6.28. The molecular formula is C31H44O4. The summed E-state index contributed by atoms with van der Waals surface area (Å²) >= 11 is 0. The van der Waals surface area contributed by atoms with Crippen LogP contribution >= 0.6 is 0 Å². The second-order valence-corrected chi connectivity index (χ2v) is 11.1. The highest BCUT2D eigenvalue weighted by atomic mass is 16.5. The Labute approximate surface area is 212 Å².